The van der Waals surface area contributed by atoms with E-state index in [-0.39, 0.29) is 23.2 Å². The second-order valence-corrected chi connectivity index (χ2v) is 28.4. The van der Waals surface area contributed by atoms with Gasteiger partial charge in [0.2, 0.25) is 11.7 Å². The van der Waals surface area contributed by atoms with Crippen LogP contribution in [0.2, 0.25) is 19.6 Å². The van der Waals surface area contributed by atoms with E-state index in [0.717, 1.165) is 52.2 Å². The predicted molar refractivity (Wildman–Crippen MR) is 307 cm³/mol. The van der Waals surface area contributed by atoms with Crippen LogP contribution in [0.4, 0.5) is 4.39 Å². The van der Waals surface area contributed by atoms with Crippen LogP contribution in [0.15, 0.2) is 201 Å². The minimum Gasteiger partial charge on any atom is -0.207 e. The van der Waals surface area contributed by atoms with Gasteiger partial charge < -0.3 is 0 Å². The van der Waals surface area contributed by atoms with E-state index in [1.54, 1.807) is 12.1 Å². The van der Waals surface area contributed by atoms with Crippen LogP contribution in [0.3, 0.4) is 0 Å². The molecule has 0 spiro atoms. The van der Waals surface area contributed by atoms with Gasteiger partial charge in [0.05, 0.1) is 24.3 Å². The van der Waals surface area contributed by atoms with Gasteiger partial charge in [-0.05, 0) is 112 Å². The van der Waals surface area contributed by atoms with E-state index in [4.69, 9.17) is 6.58 Å². The number of para-hydroxylation sites is 2. The van der Waals surface area contributed by atoms with E-state index in [1.165, 1.54) is 81.1 Å². The van der Waals surface area contributed by atoms with Gasteiger partial charge in [0.25, 0.3) is 0 Å². The zero-order chi connectivity index (χ0) is 49.9. The SMILES string of the molecule is C=C1C2C(CCc3ccc4c(sc5cc(-c6ccc(F)cc6)ccc54)c3-c3n(-c4c(-c5ccccc5)cc(C(C)(C)C)cc4-c4ccccc4)c4ccccc4[n+]31)c1ccccc1-c1ccc([Si](C)(C)C)c[n+]12. The molecule has 0 amide bonds. The summed E-state index contributed by atoms with van der Waals surface area (Å²) in [5, 5.41) is 3.88. The Bertz CT molecular complexity index is 3960. The first-order valence-electron chi connectivity index (χ1n) is 25.8. The van der Waals surface area contributed by atoms with Gasteiger partial charge in [0.1, 0.15) is 11.5 Å². The zero-order valence-corrected chi connectivity index (χ0v) is 44.2. The fourth-order valence-corrected chi connectivity index (χ4v) is 14.5. The molecule has 2 aliphatic heterocycles. The fourth-order valence-electron chi connectivity index (χ4n) is 12.0. The quantitative estimate of drug-likeness (QED) is 0.120. The summed E-state index contributed by atoms with van der Waals surface area (Å²) in [5.74, 6) is 1.03. The lowest BCUT2D eigenvalue weighted by Crippen LogP contribution is -2.56. The van der Waals surface area contributed by atoms with Gasteiger partial charge in [-0.3, -0.25) is 0 Å². The first kappa shape index (κ1) is 45.4. The summed E-state index contributed by atoms with van der Waals surface area (Å²) in [6.07, 6.45) is 4.31. The van der Waals surface area contributed by atoms with Crippen molar-refractivity contribution in [1.29, 1.82) is 0 Å². The van der Waals surface area contributed by atoms with E-state index < -0.39 is 8.07 Å². The van der Waals surface area contributed by atoms with Crippen LogP contribution in [0, 0.1) is 5.82 Å². The Kier molecular flexibility index (Phi) is 10.6. The summed E-state index contributed by atoms with van der Waals surface area (Å²) in [6.45, 7) is 19.7. The van der Waals surface area contributed by atoms with Crippen LogP contribution < -0.4 is 14.3 Å². The molecule has 0 saturated carbocycles. The third kappa shape index (κ3) is 7.40. The molecule has 0 bridgehead atoms. The van der Waals surface area contributed by atoms with E-state index >= 15 is 0 Å². The van der Waals surface area contributed by atoms with E-state index in [0.29, 0.717) is 0 Å². The van der Waals surface area contributed by atoms with Crippen molar-refractivity contribution in [2.45, 2.75) is 70.6 Å². The molecule has 3 nitrogen and oxygen atoms in total. The third-order valence-corrected chi connectivity index (χ3v) is 19.0. The minimum absolute atomic E-state index is 0.0832. The lowest BCUT2D eigenvalue weighted by Gasteiger charge is -2.31. The van der Waals surface area contributed by atoms with Gasteiger partial charge in [-0.25, -0.2) is 4.39 Å². The average Bonchev–Trinajstić information content (AvgIpc) is 3.96. The number of aryl methyl sites for hydroxylation is 1. The van der Waals surface area contributed by atoms with Gasteiger partial charge >= 0.3 is 5.82 Å². The number of hydrogen-bond donors (Lipinski definition) is 0. The summed E-state index contributed by atoms with van der Waals surface area (Å²) in [7, 11) is -1.75. The standard InChI is InChI=1S/C67H58FN3SSi/c1-42-63-54(51-22-14-15-23-52(51)58-37-33-50(41-69(58)63)73(5,6)7)35-28-46-29-36-55-53-34-30-47(43-26-31-49(68)32-27-43)38-61(53)72-65(55)62(46)66-70(42)59-24-16-17-25-60(59)71(66)64-56(44-18-10-8-11-19-44)39-48(67(2,3)4)40-57(64)45-20-12-9-13-21-45/h8-27,29-34,36-41,54,63H,1,28,35H2,2-7H3/q+2. The smallest absolute Gasteiger partial charge is 0.207 e. The number of allylic oxidation sites excluding steroid dienone is 1. The Labute approximate surface area is 432 Å². The number of hydrogen-bond acceptors (Lipinski definition) is 1. The van der Waals surface area contributed by atoms with Crippen LogP contribution in [0.25, 0.3) is 98.6 Å². The molecule has 8 aromatic carbocycles. The molecule has 0 saturated heterocycles. The molecular formula is C67H58FN3SSi+2. The number of halogens is 1. The molecule has 73 heavy (non-hydrogen) atoms. The monoisotopic (exact) mass is 983 g/mol. The first-order valence-corrected chi connectivity index (χ1v) is 30.1. The van der Waals surface area contributed by atoms with Gasteiger partial charge in [0.15, 0.2) is 22.9 Å². The highest BCUT2D eigenvalue weighted by atomic mass is 32.1. The topological polar surface area (TPSA) is 12.7 Å². The van der Waals surface area contributed by atoms with Crippen molar-refractivity contribution in [3.05, 3.63) is 223 Å². The molecule has 0 N–H and O–H groups in total. The molecule has 0 radical (unpaired) electrons. The number of benzene rings is 8. The number of pyridine rings is 1. The molecule has 3 aromatic heterocycles. The van der Waals surface area contributed by atoms with Crippen molar-refractivity contribution in [3.8, 4) is 61.7 Å². The molecular weight excluding hydrogens is 926 g/mol. The van der Waals surface area contributed by atoms with Crippen LogP contribution in [0.1, 0.15) is 55.8 Å². The van der Waals surface area contributed by atoms with E-state index in [2.05, 4.69) is 224 Å². The fraction of sp³-hybridized carbons (Fsp3) is 0.164. The van der Waals surface area contributed by atoms with Crippen LogP contribution in [0.5, 0.6) is 0 Å². The summed E-state index contributed by atoms with van der Waals surface area (Å²) < 4.78 is 24.5. The van der Waals surface area contributed by atoms with Crippen molar-refractivity contribution in [3.63, 3.8) is 0 Å². The summed E-state index contributed by atoms with van der Waals surface area (Å²) in [5.41, 5.74) is 18.8. The normalized spacial score (nSPS) is 15.5. The molecule has 5 heterocycles. The zero-order valence-electron chi connectivity index (χ0n) is 42.4. The van der Waals surface area contributed by atoms with Gasteiger partial charge in [-0.15, -0.1) is 11.3 Å². The number of imidazole rings is 1. The van der Waals surface area contributed by atoms with Crippen molar-refractivity contribution >= 4 is 61.5 Å². The number of aromatic nitrogens is 3. The highest BCUT2D eigenvalue weighted by Crippen LogP contribution is 2.51. The Morgan fingerprint density at radius 3 is 1.99 bits per heavy atom. The molecule has 13 rings (SSSR count). The van der Waals surface area contributed by atoms with Gasteiger partial charge in [-0.2, -0.15) is 13.7 Å². The Morgan fingerprint density at radius 1 is 0.644 bits per heavy atom. The molecule has 6 heteroatoms. The molecule has 356 valence electrons. The lowest BCUT2D eigenvalue weighted by molar-refractivity contribution is -0.723. The van der Waals surface area contributed by atoms with Crippen LogP contribution in [-0.4, -0.2) is 12.6 Å². The van der Waals surface area contributed by atoms with Crippen molar-refractivity contribution in [2.24, 2.45) is 0 Å². The third-order valence-electron chi connectivity index (χ3n) is 15.8. The molecule has 2 unspecified atom stereocenters. The molecule has 2 atom stereocenters. The number of rotatable bonds is 5. The number of nitrogens with zero attached hydrogens (tertiary/aromatic N) is 3. The van der Waals surface area contributed by atoms with E-state index in [9.17, 15) is 4.39 Å². The van der Waals surface area contributed by atoms with Crippen molar-refractivity contribution < 1.29 is 13.5 Å². The average molecular weight is 984 g/mol. The molecule has 2 aliphatic rings. The van der Waals surface area contributed by atoms with Crippen LogP contribution in [-0.2, 0) is 11.8 Å². The second-order valence-electron chi connectivity index (χ2n) is 22.3. The Morgan fingerprint density at radius 2 is 1.29 bits per heavy atom. The maximum Gasteiger partial charge on any atom is 0.302 e. The largest absolute Gasteiger partial charge is 0.302 e. The van der Waals surface area contributed by atoms with Crippen LogP contribution >= 0.6 is 11.3 Å². The first-order chi connectivity index (χ1) is 35.3. The molecule has 11 aromatic rings. The summed E-state index contributed by atoms with van der Waals surface area (Å²) in [6, 6.07) is 68.3. The number of thiophene rings is 1. The maximum absolute atomic E-state index is 14.2. The summed E-state index contributed by atoms with van der Waals surface area (Å²) >= 11 is 1.87. The van der Waals surface area contributed by atoms with Gasteiger partial charge in [-0.1, -0.05) is 174 Å². The predicted octanol–water partition coefficient (Wildman–Crippen LogP) is 16.6. The van der Waals surface area contributed by atoms with Crippen molar-refractivity contribution in [2.75, 3.05) is 0 Å². The summed E-state index contributed by atoms with van der Waals surface area (Å²) in [4.78, 5) is 0. The highest BCUT2D eigenvalue weighted by molar-refractivity contribution is 7.26. The molecule has 0 fully saturated rings. The second kappa shape index (κ2) is 17.0. The highest BCUT2D eigenvalue weighted by Gasteiger charge is 2.48. The Hall–Kier alpha value is -7.51. The van der Waals surface area contributed by atoms with Gasteiger partial charge in [0, 0.05) is 43.4 Å². The minimum atomic E-state index is -1.75. The van der Waals surface area contributed by atoms with E-state index in [1.807, 2.05) is 23.5 Å². The Balaban J connectivity index is 1.21. The molecule has 0 aliphatic carbocycles. The lowest BCUT2D eigenvalue weighted by atomic mass is 9.78. The maximum atomic E-state index is 14.2. The number of fused-ring (bicyclic) bond motifs is 15. The van der Waals surface area contributed by atoms with Crippen molar-refractivity contribution in [1.82, 2.24) is 4.57 Å².